The van der Waals surface area contributed by atoms with Crippen molar-refractivity contribution < 1.29 is 14.3 Å². The average molecular weight is 430 g/mol. The number of benzene rings is 1. The van der Waals surface area contributed by atoms with Gasteiger partial charge in [-0.05, 0) is 56.0 Å². The van der Waals surface area contributed by atoms with Crippen LogP contribution in [0.5, 0.6) is 5.75 Å². The van der Waals surface area contributed by atoms with E-state index in [0.29, 0.717) is 36.7 Å². The van der Waals surface area contributed by atoms with Gasteiger partial charge in [0.1, 0.15) is 5.75 Å². The molecule has 2 heterocycles. The molecule has 0 bridgehead atoms. The Morgan fingerprint density at radius 2 is 1.97 bits per heavy atom. The molecule has 0 aliphatic heterocycles. The summed E-state index contributed by atoms with van der Waals surface area (Å²) in [6.07, 6.45) is 0.888. The molecule has 3 aromatic rings. The molecule has 8 heteroatoms. The van der Waals surface area contributed by atoms with Crippen LogP contribution in [-0.4, -0.2) is 29.9 Å². The number of anilines is 1. The first-order valence-corrected chi connectivity index (χ1v) is 11.1. The number of hydrogen-bond acceptors (Lipinski definition) is 6. The van der Waals surface area contributed by atoms with E-state index in [1.807, 2.05) is 43.5 Å². The average Bonchev–Trinajstić information content (AvgIpc) is 3.36. The molecule has 29 heavy (non-hydrogen) atoms. The number of rotatable bonds is 9. The maximum absolute atomic E-state index is 12.2. The second-order valence-corrected chi connectivity index (χ2v) is 8.28. The normalized spacial score (nSPS) is 10.6. The smallest absolute Gasteiger partial charge is 0.252 e. The molecule has 0 saturated heterocycles. The van der Waals surface area contributed by atoms with E-state index in [0.717, 1.165) is 21.9 Å². The lowest BCUT2D eigenvalue weighted by Crippen LogP contribution is -2.25. The molecule has 0 spiro atoms. The van der Waals surface area contributed by atoms with Gasteiger partial charge in [-0.2, -0.15) is 11.3 Å². The fourth-order valence-electron chi connectivity index (χ4n) is 2.72. The van der Waals surface area contributed by atoms with E-state index in [4.69, 9.17) is 4.74 Å². The highest BCUT2D eigenvalue weighted by molar-refractivity contribution is 7.16. The van der Waals surface area contributed by atoms with Gasteiger partial charge in [0.05, 0.1) is 12.3 Å². The first-order chi connectivity index (χ1) is 14.1. The summed E-state index contributed by atoms with van der Waals surface area (Å²) in [5, 5.41) is 9.91. The van der Waals surface area contributed by atoms with Crippen LogP contribution in [-0.2, 0) is 4.79 Å². The number of thiophene rings is 1. The zero-order valence-corrected chi connectivity index (χ0v) is 18.0. The van der Waals surface area contributed by atoms with Crippen LogP contribution >= 0.6 is 22.7 Å². The molecule has 6 nitrogen and oxygen atoms in total. The molecular weight excluding hydrogens is 406 g/mol. The third-order valence-corrected chi connectivity index (χ3v) is 5.70. The molecule has 0 aliphatic carbocycles. The van der Waals surface area contributed by atoms with Crippen molar-refractivity contribution >= 4 is 39.6 Å². The van der Waals surface area contributed by atoms with E-state index in [1.54, 1.807) is 11.4 Å². The molecule has 2 aromatic heterocycles. The van der Waals surface area contributed by atoms with Crippen molar-refractivity contribution in [3.05, 3.63) is 51.5 Å². The first kappa shape index (κ1) is 21.0. The van der Waals surface area contributed by atoms with E-state index in [2.05, 4.69) is 15.6 Å². The van der Waals surface area contributed by atoms with Gasteiger partial charge in [-0.3, -0.25) is 9.59 Å². The first-order valence-electron chi connectivity index (χ1n) is 9.37. The summed E-state index contributed by atoms with van der Waals surface area (Å²) >= 11 is 2.93. The van der Waals surface area contributed by atoms with Crippen LogP contribution in [0.25, 0.3) is 11.3 Å². The van der Waals surface area contributed by atoms with E-state index in [1.165, 1.54) is 22.7 Å². The van der Waals surface area contributed by atoms with Gasteiger partial charge < -0.3 is 15.4 Å². The quantitative estimate of drug-likeness (QED) is 0.482. The molecule has 0 fully saturated rings. The number of carbonyl (C=O) groups excluding carboxylic acids is 2. The standard InChI is InChI=1S/C21H23N3O3S2/c1-3-27-17-8-6-15(7-9-17)19-14(2)29-21(24-19)23-18(25)5-4-11-22-20(26)16-10-12-28-13-16/h6-10,12-13H,3-5,11H2,1-2H3,(H,22,26)(H,23,24,25). The number of nitrogens with one attached hydrogen (secondary N) is 2. The molecule has 0 unspecified atom stereocenters. The van der Waals surface area contributed by atoms with Gasteiger partial charge in [0.15, 0.2) is 5.13 Å². The van der Waals surface area contributed by atoms with Gasteiger partial charge in [0.25, 0.3) is 5.91 Å². The van der Waals surface area contributed by atoms with Crippen LogP contribution in [0.4, 0.5) is 5.13 Å². The number of amides is 2. The number of aromatic nitrogens is 1. The Hall–Kier alpha value is -2.71. The van der Waals surface area contributed by atoms with Gasteiger partial charge in [-0.25, -0.2) is 4.98 Å². The zero-order valence-electron chi connectivity index (χ0n) is 16.4. The van der Waals surface area contributed by atoms with Crippen LogP contribution in [0.1, 0.15) is 35.0 Å². The van der Waals surface area contributed by atoms with Crippen molar-refractivity contribution in [3.8, 4) is 17.0 Å². The van der Waals surface area contributed by atoms with Crippen LogP contribution < -0.4 is 15.4 Å². The summed E-state index contributed by atoms with van der Waals surface area (Å²) in [6.45, 7) is 5.02. The molecule has 1 aromatic carbocycles. The molecule has 152 valence electrons. The fraction of sp³-hybridized carbons (Fsp3) is 0.286. The van der Waals surface area contributed by atoms with Crippen molar-refractivity contribution in [1.29, 1.82) is 0 Å². The Bertz CT molecular complexity index is 950. The van der Waals surface area contributed by atoms with Gasteiger partial charge in [-0.1, -0.05) is 0 Å². The maximum atomic E-state index is 12.2. The predicted molar refractivity (Wildman–Crippen MR) is 118 cm³/mol. The Morgan fingerprint density at radius 1 is 1.17 bits per heavy atom. The monoisotopic (exact) mass is 429 g/mol. The summed E-state index contributed by atoms with van der Waals surface area (Å²) in [4.78, 5) is 29.6. The van der Waals surface area contributed by atoms with Crippen molar-refractivity contribution in [2.24, 2.45) is 0 Å². The Kier molecular flexibility index (Phi) is 7.37. The van der Waals surface area contributed by atoms with E-state index in [9.17, 15) is 9.59 Å². The number of carbonyl (C=O) groups is 2. The number of nitrogens with zero attached hydrogens (tertiary/aromatic N) is 1. The van der Waals surface area contributed by atoms with Crippen molar-refractivity contribution in [2.75, 3.05) is 18.5 Å². The molecule has 0 saturated carbocycles. The number of aryl methyl sites for hydroxylation is 1. The van der Waals surface area contributed by atoms with Gasteiger partial charge in [-0.15, -0.1) is 11.3 Å². The summed E-state index contributed by atoms with van der Waals surface area (Å²) in [6, 6.07) is 9.55. The fourth-order valence-corrected chi connectivity index (χ4v) is 4.21. The van der Waals surface area contributed by atoms with Crippen molar-refractivity contribution in [1.82, 2.24) is 10.3 Å². The van der Waals surface area contributed by atoms with Crippen molar-refractivity contribution in [2.45, 2.75) is 26.7 Å². The topological polar surface area (TPSA) is 80.3 Å². The molecule has 0 radical (unpaired) electrons. The summed E-state index contributed by atoms with van der Waals surface area (Å²) in [7, 11) is 0. The molecule has 0 atom stereocenters. The number of thiazole rings is 1. The Labute approximate surface area is 178 Å². The summed E-state index contributed by atoms with van der Waals surface area (Å²) in [5.74, 6) is 0.604. The minimum absolute atomic E-state index is 0.109. The highest BCUT2D eigenvalue weighted by Gasteiger charge is 2.12. The molecule has 2 amide bonds. The zero-order chi connectivity index (χ0) is 20.6. The molecular formula is C21H23N3O3S2. The number of hydrogen-bond donors (Lipinski definition) is 2. The van der Waals surface area contributed by atoms with Crippen molar-refractivity contribution in [3.63, 3.8) is 0 Å². The minimum Gasteiger partial charge on any atom is -0.494 e. The third kappa shape index (κ3) is 5.88. The SMILES string of the molecule is CCOc1ccc(-c2nc(NC(=O)CCCNC(=O)c3ccsc3)sc2C)cc1. The molecule has 0 aliphatic rings. The Morgan fingerprint density at radius 3 is 2.66 bits per heavy atom. The van der Waals surface area contributed by atoms with Crippen LogP contribution in [0.3, 0.4) is 0 Å². The highest BCUT2D eigenvalue weighted by atomic mass is 32.1. The van der Waals surface area contributed by atoms with E-state index < -0.39 is 0 Å². The van der Waals surface area contributed by atoms with Crippen LogP contribution in [0, 0.1) is 6.92 Å². The lowest BCUT2D eigenvalue weighted by atomic mass is 10.1. The van der Waals surface area contributed by atoms with Gasteiger partial charge in [0, 0.05) is 34.3 Å². The lowest BCUT2D eigenvalue weighted by molar-refractivity contribution is -0.116. The predicted octanol–water partition coefficient (Wildman–Crippen LogP) is 4.73. The third-order valence-electron chi connectivity index (χ3n) is 4.13. The van der Waals surface area contributed by atoms with Gasteiger partial charge in [0.2, 0.25) is 5.91 Å². The maximum Gasteiger partial charge on any atom is 0.252 e. The van der Waals surface area contributed by atoms with Crippen LogP contribution in [0.2, 0.25) is 0 Å². The molecule has 2 N–H and O–H groups in total. The second-order valence-electron chi connectivity index (χ2n) is 6.30. The number of ether oxygens (including phenoxy) is 1. The largest absolute Gasteiger partial charge is 0.494 e. The molecule has 3 rings (SSSR count). The van der Waals surface area contributed by atoms with E-state index >= 15 is 0 Å². The van der Waals surface area contributed by atoms with Gasteiger partial charge >= 0.3 is 0 Å². The summed E-state index contributed by atoms with van der Waals surface area (Å²) < 4.78 is 5.47. The van der Waals surface area contributed by atoms with E-state index in [-0.39, 0.29) is 11.8 Å². The summed E-state index contributed by atoms with van der Waals surface area (Å²) in [5.41, 5.74) is 2.50. The highest BCUT2D eigenvalue weighted by Crippen LogP contribution is 2.31. The Balaban J connectivity index is 1.48. The lowest BCUT2D eigenvalue weighted by Gasteiger charge is -2.04. The van der Waals surface area contributed by atoms with Crippen LogP contribution in [0.15, 0.2) is 41.1 Å². The minimum atomic E-state index is -0.109. The second kappa shape index (κ2) is 10.2.